The van der Waals surface area contributed by atoms with E-state index in [2.05, 4.69) is 48.7 Å². The molecule has 2 rings (SSSR count). The lowest BCUT2D eigenvalue weighted by Gasteiger charge is -2.22. The van der Waals surface area contributed by atoms with Gasteiger partial charge in [-0.2, -0.15) is 0 Å². The average Bonchev–Trinajstić information content (AvgIpc) is 3.14. The molecular weight excluding hydrogens is 529 g/mol. The second-order valence-corrected chi connectivity index (χ2v) is 7.34. The van der Waals surface area contributed by atoms with Crippen LogP contribution in [-0.4, -0.2) is 45.7 Å². The molecule has 1 N–H and O–H groups in total. The first-order valence-corrected chi connectivity index (χ1v) is 9.60. The molecule has 26 heavy (non-hydrogen) atoms. The fourth-order valence-corrected chi connectivity index (χ4v) is 3.59. The summed E-state index contributed by atoms with van der Waals surface area (Å²) in [6.45, 7) is 1.55. The molecule has 0 fully saturated rings. The van der Waals surface area contributed by atoms with Crippen LogP contribution in [0.5, 0.6) is 11.5 Å². The lowest BCUT2D eigenvalue weighted by Crippen LogP contribution is -2.39. The van der Waals surface area contributed by atoms with Crippen LogP contribution in [0, 0.1) is 0 Å². The minimum Gasteiger partial charge on any atom is -0.493 e. The van der Waals surface area contributed by atoms with Crippen molar-refractivity contribution in [1.29, 1.82) is 0 Å². The molecule has 0 aliphatic carbocycles. The molecule has 5 nitrogen and oxygen atoms in total. The molecule has 1 aromatic heterocycles. The lowest BCUT2D eigenvalue weighted by molar-refractivity contribution is 0.354. The zero-order valence-corrected chi connectivity index (χ0v) is 20.1. The van der Waals surface area contributed by atoms with E-state index >= 15 is 0 Å². The Morgan fingerprint density at radius 2 is 1.96 bits per heavy atom. The van der Waals surface area contributed by atoms with Crippen LogP contribution >= 0.6 is 51.2 Å². The second-order valence-electron chi connectivity index (χ2n) is 5.45. The number of methoxy groups -OCH3 is 2. The molecule has 0 atom stereocenters. The molecule has 0 saturated heterocycles. The quantitative estimate of drug-likeness (QED) is 0.314. The van der Waals surface area contributed by atoms with Crippen molar-refractivity contribution in [2.24, 2.45) is 4.99 Å². The van der Waals surface area contributed by atoms with Crippen molar-refractivity contribution < 1.29 is 9.47 Å². The maximum absolute atomic E-state index is 5.38. The summed E-state index contributed by atoms with van der Waals surface area (Å²) in [7, 11) is 7.12. The van der Waals surface area contributed by atoms with Crippen LogP contribution < -0.4 is 14.8 Å². The largest absolute Gasteiger partial charge is 0.493 e. The molecule has 144 valence electrons. The highest BCUT2D eigenvalue weighted by Crippen LogP contribution is 2.33. The molecule has 0 bridgehead atoms. The Morgan fingerprint density at radius 3 is 2.54 bits per heavy atom. The molecule has 0 spiro atoms. The molecule has 2 aromatic rings. The van der Waals surface area contributed by atoms with Gasteiger partial charge in [0, 0.05) is 36.5 Å². The van der Waals surface area contributed by atoms with Gasteiger partial charge < -0.3 is 19.7 Å². The van der Waals surface area contributed by atoms with Crippen LogP contribution in [0.1, 0.15) is 10.4 Å². The summed E-state index contributed by atoms with van der Waals surface area (Å²) in [4.78, 5) is 7.89. The predicted molar refractivity (Wildman–Crippen MR) is 124 cm³/mol. The highest BCUT2D eigenvalue weighted by atomic mass is 127. The van der Waals surface area contributed by atoms with Crippen LogP contribution in [0.3, 0.4) is 0 Å². The molecule has 0 amide bonds. The maximum Gasteiger partial charge on any atom is 0.193 e. The molecule has 0 aliphatic heterocycles. The van der Waals surface area contributed by atoms with E-state index in [1.165, 1.54) is 4.88 Å². The fourth-order valence-electron chi connectivity index (χ4n) is 2.43. The Kier molecular flexibility index (Phi) is 10.3. The number of halogens is 2. The summed E-state index contributed by atoms with van der Waals surface area (Å²) < 4.78 is 11.7. The van der Waals surface area contributed by atoms with Crippen molar-refractivity contribution in [3.8, 4) is 11.5 Å². The molecular formula is C18H25BrIN3O2S. The molecule has 0 saturated carbocycles. The van der Waals surface area contributed by atoms with Gasteiger partial charge in [0.05, 0.1) is 14.2 Å². The van der Waals surface area contributed by atoms with Gasteiger partial charge in [-0.1, -0.05) is 22.0 Å². The molecule has 1 aromatic carbocycles. The number of thiophene rings is 1. The topological polar surface area (TPSA) is 46.1 Å². The minimum absolute atomic E-state index is 0. The number of nitrogens with one attached hydrogen (secondary N) is 1. The van der Waals surface area contributed by atoms with Gasteiger partial charge in [-0.25, -0.2) is 0 Å². The summed E-state index contributed by atoms with van der Waals surface area (Å²) in [6, 6.07) is 8.13. The second kappa shape index (κ2) is 11.7. The first kappa shape index (κ1) is 23.0. The van der Waals surface area contributed by atoms with Crippen LogP contribution in [0.25, 0.3) is 0 Å². The van der Waals surface area contributed by atoms with Gasteiger partial charge >= 0.3 is 0 Å². The lowest BCUT2D eigenvalue weighted by atomic mass is 10.2. The van der Waals surface area contributed by atoms with E-state index in [1.807, 2.05) is 19.2 Å². The van der Waals surface area contributed by atoms with Crippen LogP contribution in [0.2, 0.25) is 0 Å². The van der Waals surface area contributed by atoms with E-state index in [0.717, 1.165) is 29.0 Å². The number of likely N-dealkylation sites (N-methyl/N-ethyl adjacent to an activating group) is 1. The first-order valence-electron chi connectivity index (χ1n) is 7.93. The summed E-state index contributed by atoms with van der Waals surface area (Å²) in [5, 5.41) is 5.51. The number of nitrogens with zero attached hydrogens (tertiary/aromatic N) is 2. The van der Waals surface area contributed by atoms with Crippen molar-refractivity contribution >= 4 is 57.2 Å². The Balaban J connectivity index is 0.00000338. The number of benzene rings is 1. The zero-order valence-electron chi connectivity index (χ0n) is 15.4. The zero-order chi connectivity index (χ0) is 18.2. The van der Waals surface area contributed by atoms with Crippen LogP contribution in [0.15, 0.2) is 39.1 Å². The monoisotopic (exact) mass is 553 g/mol. The summed E-state index contributed by atoms with van der Waals surface area (Å²) >= 11 is 5.37. The average molecular weight is 554 g/mol. The van der Waals surface area contributed by atoms with E-state index in [-0.39, 0.29) is 24.0 Å². The van der Waals surface area contributed by atoms with Gasteiger partial charge in [-0.3, -0.25) is 4.99 Å². The van der Waals surface area contributed by atoms with Gasteiger partial charge in [0.2, 0.25) is 0 Å². The normalized spacial score (nSPS) is 10.9. The smallest absolute Gasteiger partial charge is 0.193 e. The SMILES string of the molecule is CN=C(NCc1cc(OC)c(OC)cc1Br)N(C)CCc1cccs1.I. The Hall–Kier alpha value is -1.000. The van der Waals surface area contributed by atoms with Crippen LogP contribution in [0.4, 0.5) is 0 Å². The Labute approximate surface area is 184 Å². The van der Waals surface area contributed by atoms with Gasteiger partial charge in [-0.15, -0.1) is 35.3 Å². The molecule has 0 aliphatic rings. The van der Waals surface area contributed by atoms with E-state index in [9.17, 15) is 0 Å². The third-order valence-corrected chi connectivity index (χ3v) is 5.51. The molecule has 8 heteroatoms. The molecule has 0 radical (unpaired) electrons. The first-order chi connectivity index (χ1) is 12.1. The molecule has 1 heterocycles. The van der Waals surface area contributed by atoms with Crippen LogP contribution in [-0.2, 0) is 13.0 Å². The maximum atomic E-state index is 5.38. The Bertz CT molecular complexity index is 711. The number of aliphatic imine (C=N–C) groups is 1. The van der Waals surface area contributed by atoms with Crippen molar-refractivity contribution in [3.05, 3.63) is 44.6 Å². The van der Waals surface area contributed by atoms with E-state index < -0.39 is 0 Å². The van der Waals surface area contributed by atoms with Gasteiger partial charge in [0.15, 0.2) is 17.5 Å². The number of ether oxygens (including phenoxy) is 2. The van der Waals surface area contributed by atoms with Gasteiger partial charge in [0.25, 0.3) is 0 Å². The third kappa shape index (κ3) is 6.31. The van der Waals surface area contributed by atoms with Gasteiger partial charge in [-0.05, 0) is 35.6 Å². The predicted octanol–water partition coefficient (Wildman–Crippen LogP) is 4.40. The highest BCUT2D eigenvalue weighted by Gasteiger charge is 2.11. The number of hydrogen-bond acceptors (Lipinski definition) is 4. The fraction of sp³-hybridized carbons (Fsp3) is 0.389. The minimum atomic E-state index is 0. The third-order valence-electron chi connectivity index (χ3n) is 3.84. The molecule has 0 unspecified atom stereocenters. The summed E-state index contributed by atoms with van der Waals surface area (Å²) in [5.74, 6) is 2.28. The Morgan fingerprint density at radius 1 is 1.27 bits per heavy atom. The standard InChI is InChI=1S/C18H24BrN3O2S.HI/c1-20-18(22(2)8-7-14-6-5-9-25-14)21-12-13-10-16(23-3)17(24-4)11-15(13)19;/h5-6,9-11H,7-8,12H2,1-4H3,(H,20,21);1H. The van der Waals surface area contributed by atoms with E-state index in [1.54, 1.807) is 32.6 Å². The van der Waals surface area contributed by atoms with Crippen molar-refractivity contribution in [2.75, 3.05) is 34.9 Å². The number of hydrogen-bond donors (Lipinski definition) is 1. The van der Waals surface area contributed by atoms with Crippen molar-refractivity contribution in [1.82, 2.24) is 10.2 Å². The summed E-state index contributed by atoms with van der Waals surface area (Å²) in [5.41, 5.74) is 1.07. The highest BCUT2D eigenvalue weighted by molar-refractivity contribution is 14.0. The van der Waals surface area contributed by atoms with Crippen molar-refractivity contribution in [2.45, 2.75) is 13.0 Å². The van der Waals surface area contributed by atoms with Gasteiger partial charge in [0.1, 0.15) is 0 Å². The van der Waals surface area contributed by atoms with E-state index in [0.29, 0.717) is 18.0 Å². The number of rotatable bonds is 7. The summed E-state index contributed by atoms with van der Waals surface area (Å²) in [6.07, 6.45) is 1.01. The van der Waals surface area contributed by atoms with Crippen molar-refractivity contribution in [3.63, 3.8) is 0 Å². The number of guanidine groups is 1. The van der Waals surface area contributed by atoms with E-state index in [4.69, 9.17) is 9.47 Å².